The maximum atomic E-state index is 12.0. The molecule has 3 aromatic heterocycles. The Morgan fingerprint density at radius 3 is 3.21 bits per heavy atom. The highest BCUT2D eigenvalue weighted by Crippen LogP contribution is 2.18. The van der Waals surface area contributed by atoms with Gasteiger partial charge in [-0.2, -0.15) is 4.52 Å². The molecule has 0 radical (unpaired) electrons. The summed E-state index contributed by atoms with van der Waals surface area (Å²) in [6.45, 7) is 1.61. The van der Waals surface area contributed by atoms with Crippen LogP contribution in [0.4, 0.5) is 5.82 Å². The molecule has 0 aliphatic carbocycles. The molecule has 0 aromatic carbocycles. The molecular weight excluding hydrogens is 324 g/mol. The highest BCUT2D eigenvalue weighted by Gasteiger charge is 2.24. The van der Waals surface area contributed by atoms with Crippen LogP contribution in [0.2, 0.25) is 0 Å². The predicted molar refractivity (Wildman–Crippen MR) is 92.9 cm³/mol. The number of carbonyl (C=O) groups is 1. The van der Waals surface area contributed by atoms with Gasteiger partial charge in [-0.1, -0.05) is 6.07 Å². The van der Waals surface area contributed by atoms with Gasteiger partial charge in [-0.15, -0.1) is 26.6 Å². The molecule has 1 saturated heterocycles. The number of nitrogens with one attached hydrogen (secondary N) is 1. The van der Waals surface area contributed by atoms with Crippen LogP contribution in [0.15, 0.2) is 42.0 Å². The fourth-order valence-electron chi connectivity index (χ4n) is 2.77. The van der Waals surface area contributed by atoms with Crippen molar-refractivity contribution in [1.29, 1.82) is 0 Å². The molecule has 0 bridgehead atoms. The summed E-state index contributed by atoms with van der Waals surface area (Å²) >= 11 is 1.61. The Morgan fingerprint density at radius 2 is 2.33 bits per heavy atom. The van der Waals surface area contributed by atoms with Gasteiger partial charge in [-0.05, 0) is 36.1 Å². The largest absolute Gasteiger partial charge is 0.353 e. The Hall–Kier alpha value is -2.74. The Labute approximate surface area is 142 Å². The van der Waals surface area contributed by atoms with Crippen molar-refractivity contribution in [2.45, 2.75) is 12.5 Å². The van der Waals surface area contributed by atoms with Gasteiger partial charge >= 0.3 is 0 Å². The molecule has 1 aliphatic heterocycles. The molecule has 1 N–H and O–H groups in total. The summed E-state index contributed by atoms with van der Waals surface area (Å²) in [6, 6.07) is 7.91. The van der Waals surface area contributed by atoms with E-state index in [0.717, 1.165) is 35.9 Å². The highest BCUT2D eigenvalue weighted by atomic mass is 32.1. The number of hydrogen-bond donors (Lipinski definition) is 1. The van der Waals surface area contributed by atoms with Gasteiger partial charge in [0.15, 0.2) is 5.65 Å². The quantitative estimate of drug-likeness (QED) is 0.730. The Balaban J connectivity index is 1.36. The fraction of sp³-hybridized carbons (Fsp3) is 0.250. The first-order valence-corrected chi connectivity index (χ1v) is 8.60. The van der Waals surface area contributed by atoms with E-state index in [9.17, 15) is 4.79 Å². The topological polar surface area (TPSA) is 75.4 Å². The second-order valence-electron chi connectivity index (χ2n) is 5.61. The van der Waals surface area contributed by atoms with Crippen molar-refractivity contribution in [3.63, 3.8) is 0 Å². The van der Waals surface area contributed by atoms with Gasteiger partial charge in [0.2, 0.25) is 5.91 Å². The number of carbonyl (C=O) groups excluding carboxylic acids is 1. The minimum absolute atomic E-state index is 0.0579. The van der Waals surface area contributed by atoms with E-state index in [1.165, 1.54) is 0 Å². The van der Waals surface area contributed by atoms with Crippen LogP contribution < -0.4 is 10.2 Å². The van der Waals surface area contributed by atoms with E-state index in [1.54, 1.807) is 28.3 Å². The van der Waals surface area contributed by atoms with E-state index in [2.05, 4.69) is 25.5 Å². The average molecular weight is 340 g/mol. The van der Waals surface area contributed by atoms with Crippen molar-refractivity contribution in [3.8, 4) is 0 Å². The highest BCUT2D eigenvalue weighted by molar-refractivity contribution is 7.10. The Kier molecular flexibility index (Phi) is 3.96. The summed E-state index contributed by atoms with van der Waals surface area (Å²) in [6.07, 6.45) is 5.92. The van der Waals surface area contributed by atoms with E-state index in [-0.39, 0.29) is 11.9 Å². The molecule has 0 spiro atoms. The van der Waals surface area contributed by atoms with E-state index < -0.39 is 0 Å². The maximum absolute atomic E-state index is 12.0. The van der Waals surface area contributed by atoms with Gasteiger partial charge in [-0.25, -0.2) is 0 Å². The van der Waals surface area contributed by atoms with Crippen molar-refractivity contribution in [3.05, 3.63) is 46.9 Å². The number of amides is 1. The van der Waals surface area contributed by atoms with Crippen LogP contribution in [0, 0.1) is 0 Å². The van der Waals surface area contributed by atoms with Crippen molar-refractivity contribution in [2.24, 2.45) is 0 Å². The number of aromatic nitrogens is 4. The molecule has 24 heavy (non-hydrogen) atoms. The molecule has 0 saturated carbocycles. The zero-order chi connectivity index (χ0) is 16.4. The molecule has 1 atom stereocenters. The third-order valence-electron chi connectivity index (χ3n) is 3.95. The number of hydrogen-bond acceptors (Lipinski definition) is 6. The van der Waals surface area contributed by atoms with Crippen molar-refractivity contribution >= 4 is 34.8 Å². The van der Waals surface area contributed by atoms with Crippen LogP contribution in [0.1, 0.15) is 11.3 Å². The van der Waals surface area contributed by atoms with Gasteiger partial charge in [0.05, 0.1) is 0 Å². The first-order valence-electron chi connectivity index (χ1n) is 7.72. The van der Waals surface area contributed by atoms with Crippen molar-refractivity contribution < 1.29 is 4.79 Å². The molecular formula is C16H16N6OS. The lowest BCUT2D eigenvalue weighted by atomic mass is 10.2. The molecule has 1 aliphatic rings. The van der Waals surface area contributed by atoms with E-state index in [0.29, 0.717) is 0 Å². The molecule has 122 valence electrons. The third-order valence-corrected chi connectivity index (χ3v) is 4.79. The standard InChI is InChI=1S/C16H16N6OS/c23-16(6-3-13-2-1-9-24-13)18-12-7-8-21(10-12)15-5-4-14-19-17-11-22(14)20-15/h1-6,9,11-12H,7-8,10H2,(H,18,23)/b6-3+/t12-/m1/s1. The van der Waals surface area contributed by atoms with E-state index >= 15 is 0 Å². The molecule has 4 rings (SSSR count). The van der Waals surface area contributed by atoms with Crippen LogP contribution in [0.25, 0.3) is 11.7 Å². The van der Waals surface area contributed by atoms with Gasteiger partial charge < -0.3 is 10.2 Å². The normalized spacial score (nSPS) is 17.8. The van der Waals surface area contributed by atoms with Gasteiger partial charge in [0.25, 0.3) is 0 Å². The number of rotatable bonds is 4. The lowest BCUT2D eigenvalue weighted by Gasteiger charge is -2.17. The average Bonchev–Trinajstić information content (AvgIpc) is 3.33. The summed E-state index contributed by atoms with van der Waals surface area (Å²) in [4.78, 5) is 15.3. The summed E-state index contributed by atoms with van der Waals surface area (Å²) in [5, 5.41) is 17.3. The first kappa shape index (κ1) is 14.8. The summed E-state index contributed by atoms with van der Waals surface area (Å²) in [5.74, 6) is 0.811. The summed E-state index contributed by atoms with van der Waals surface area (Å²) < 4.78 is 1.66. The second kappa shape index (κ2) is 6.40. The van der Waals surface area contributed by atoms with Crippen LogP contribution in [-0.4, -0.2) is 44.8 Å². The zero-order valence-electron chi connectivity index (χ0n) is 12.9. The van der Waals surface area contributed by atoms with E-state index in [1.807, 2.05) is 35.7 Å². The molecule has 0 unspecified atom stereocenters. The van der Waals surface area contributed by atoms with Gasteiger partial charge in [-0.3, -0.25) is 4.79 Å². The summed E-state index contributed by atoms with van der Waals surface area (Å²) in [5.41, 5.74) is 0.724. The Morgan fingerprint density at radius 1 is 1.38 bits per heavy atom. The minimum Gasteiger partial charge on any atom is -0.353 e. The molecule has 7 nitrogen and oxygen atoms in total. The van der Waals surface area contributed by atoms with Crippen LogP contribution >= 0.6 is 11.3 Å². The Bertz CT molecular complexity index is 872. The summed E-state index contributed by atoms with van der Waals surface area (Å²) in [7, 11) is 0. The number of nitrogens with zero attached hydrogens (tertiary/aromatic N) is 5. The van der Waals surface area contributed by atoms with Crippen LogP contribution in [0.3, 0.4) is 0 Å². The first-order chi connectivity index (χ1) is 11.8. The maximum Gasteiger partial charge on any atom is 0.244 e. The van der Waals surface area contributed by atoms with Crippen molar-refractivity contribution in [2.75, 3.05) is 18.0 Å². The predicted octanol–water partition coefficient (Wildman–Crippen LogP) is 1.59. The van der Waals surface area contributed by atoms with E-state index in [4.69, 9.17) is 0 Å². The second-order valence-corrected chi connectivity index (χ2v) is 6.59. The minimum atomic E-state index is -0.0579. The number of thiophene rings is 1. The van der Waals surface area contributed by atoms with Gasteiger partial charge in [0.1, 0.15) is 12.1 Å². The fourth-order valence-corrected chi connectivity index (χ4v) is 3.38. The smallest absolute Gasteiger partial charge is 0.244 e. The number of fused-ring (bicyclic) bond motifs is 1. The van der Waals surface area contributed by atoms with Gasteiger partial charge in [0, 0.05) is 30.1 Å². The lowest BCUT2D eigenvalue weighted by molar-refractivity contribution is -0.117. The molecule has 8 heteroatoms. The molecule has 3 aromatic rings. The molecule has 1 amide bonds. The zero-order valence-corrected chi connectivity index (χ0v) is 13.7. The molecule has 4 heterocycles. The molecule has 1 fully saturated rings. The van der Waals surface area contributed by atoms with Crippen LogP contribution in [-0.2, 0) is 4.79 Å². The number of anilines is 1. The SMILES string of the molecule is O=C(/C=C/c1cccs1)N[C@@H]1CCN(c2ccc3nncn3n2)C1. The lowest BCUT2D eigenvalue weighted by Crippen LogP contribution is -2.36. The third kappa shape index (κ3) is 3.13. The van der Waals surface area contributed by atoms with Crippen LogP contribution in [0.5, 0.6) is 0 Å². The van der Waals surface area contributed by atoms with Crippen molar-refractivity contribution in [1.82, 2.24) is 25.1 Å². The monoisotopic (exact) mass is 340 g/mol.